The minimum absolute atomic E-state index is 0.183. The summed E-state index contributed by atoms with van der Waals surface area (Å²) in [6.45, 7) is 5.51. The fourth-order valence-electron chi connectivity index (χ4n) is 4.74. The predicted molar refractivity (Wildman–Crippen MR) is 141 cm³/mol. The quantitative estimate of drug-likeness (QED) is 0.157. The molecule has 0 atom stereocenters. The van der Waals surface area contributed by atoms with E-state index >= 15 is 0 Å². The van der Waals surface area contributed by atoms with E-state index in [1.807, 2.05) is 0 Å². The fraction of sp³-hybridized carbons (Fsp3) is 0.700. The molecule has 0 unspecified atom stereocenters. The van der Waals surface area contributed by atoms with Crippen molar-refractivity contribution in [3.8, 4) is 0 Å². The summed E-state index contributed by atoms with van der Waals surface area (Å²) < 4.78 is 2.19. The summed E-state index contributed by atoms with van der Waals surface area (Å²) in [4.78, 5) is 3.62. The number of aryl methyl sites for hydroxylation is 1. The van der Waals surface area contributed by atoms with E-state index in [0.717, 1.165) is 18.8 Å². The van der Waals surface area contributed by atoms with Crippen LogP contribution in [0.15, 0.2) is 36.5 Å². The first-order chi connectivity index (χ1) is 16.2. The van der Waals surface area contributed by atoms with E-state index in [1.165, 1.54) is 107 Å². The van der Waals surface area contributed by atoms with Gasteiger partial charge in [-0.1, -0.05) is 128 Å². The Balaban J connectivity index is 1.48. The van der Waals surface area contributed by atoms with Crippen molar-refractivity contribution in [2.45, 2.75) is 123 Å². The van der Waals surface area contributed by atoms with Crippen LogP contribution in [-0.4, -0.2) is 16.7 Å². The molecule has 2 aromatic rings. The fourth-order valence-corrected chi connectivity index (χ4v) is 4.74. The second kappa shape index (κ2) is 17.8. The Morgan fingerprint density at radius 3 is 1.85 bits per heavy atom. The number of aromatic nitrogens is 2. The zero-order valence-corrected chi connectivity index (χ0v) is 21.7. The van der Waals surface area contributed by atoms with Crippen LogP contribution in [0.4, 0.5) is 0 Å². The smallest absolute Gasteiger partial charge is 0.258 e. The number of benzene rings is 1. The zero-order valence-electron chi connectivity index (χ0n) is 21.7. The maximum atomic E-state index is 9.41. The van der Waals surface area contributed by atoms with Crippen molar-refractivity contribution >= 4 is 0 Å². The molecular formula is C30H51N2O+. The maximum absolute atomic E-state index is 9.41. The zero-order chi connectivity index (χ0) is 23.6. The number of aliphatic hydroxyl groups is 1. The van der Waals surface area contributed by atoms with E-state index in [1.54, 1.807) is 0 Å². The minimum Gasteiger partial charge on any atom is -0.392 e. The second-order valence-corrected chi connectivity index (χ2v) is 10.3. The number of unbranched alkanes of at least 4 members (excludes halogenated alkanes) is 12. The van der Waals surface area contributed by atoms with Crippen LogP contribution in [0.25, 0.3) is 0 Å². The van der Waals surface area contributed by atoms with Crippen molar-refractivity contribution < 1.29 is 9.67 Å². The van der Waals surface area contributed by atoms with Gasteiger partial charge in [0, 0.05) is 6.42 Å². The van der Waals surface area contributed by atoms with Gasteiger partial charge in [0.1, 0.15) is 18.4 Å². The molecule has 3 nitrogen and oxygen atoms in total. The number of hydrogen-bond donors (Lipinski definition) is 2. The van der Waals surface area contributed by atoms with Gasteiger partial charge in [0.25, 0.3) is 5.82 Å². The molecule has 0 saturated carbocycles. The van der Waals surface area contributed by atoms with Crippen molar-refractivity contribution in [1.29, 1.82) is 0 Å². The lowest BCUT2D eigenvalue weighted by molar-refractivity contribution is -0.703. The van der Waals surface area contributed by atoms with Crippen molar-refractivity contribution in [2.75, 3.05) is 6.61 Å². The molecule has 2 rings (SSSR count). The highest BCUT2D eigenvalue weighted by Gasteiger charge is 2.15. The summed E-state index contributed by atoms with van der Waals surface area (Å²) in [7, 11) is 0. The normalized spacial score (nSPS) is 11.5. The van der Waals surface area contributed by atoms with Crippen molar-refractivity contribution in [2.24, 2.45) is 5.92 Å². The topological polar surface area (TPSA) is 39.9 Å². The minimum atomic E-state index is 0.183. The third kappa shape index (κ3) is 13.0. The molecule has 1 aromatic heterocycles. The molecule has 0 aliphatic rings. The SMILES string of the molecule is CC(C)CCCCCCCCCCCCCCCc1c[n+](CCO)c(Cc2ccccc2)[nH]1. The van der Waals surface area contributed by atoms with E-state index in [-0.39, 0.29) is 6.61 Å². The van der Waals surface area contributed by atoms with E-state index in [4.69, 9.17) is 0 Å². The van der Waals surface area contributed by atoms with E-state index in [0.29, 0.717) is 6.54 Å². The third-order valence-corrected chi connectivity index (χ3v) is 6.75. The largest absolute Gasteiger partial charge is 0.392 e. The summed E-state index contributed by atoms with van der Waals surface area (Å²) in [5.41, 5.74) is 2.61. The number of rotatable bonds is 20. The number of H-pyrrole nitrogens is 1. The molecule has 3 heteroatoms. The van der Waals surface area contributed by atoms with Crippen molar-refractivity contribution in [3.05, 3.63) is 53.6 Å². The number of imidazole rings is 1. The Bertz CT molecular complexity index is 707. The van der Waals surface area contributed by atoms with Crippen LogP contribution < -0.4 is 4.57 Å². The molecule has 1 aromatic carbocycles. The number of aliphatic hydroxyl groups excluding tert-OH is 1. The first-order valence-corrected chi connectivity index (χ1v) is 13.9. The summed E-state index contributed by atoms with van der Waals surface area (Å²) in [5.74, 6) is 2.07. The first-order valence-electron chi connectivity index (χ1n) is 13.9. The van der Waals surface area contributed by atoms with Gasteiger partial charge in [-0.15, -0.1) is 0 Å². The molecule has 2 N–H and O–H groups in total. The van der Waals surface area contributed by atoms with Gasteiger partial charge in [0.2, 0.25) is 0 Å². The van der Waals surface area contributed by atoms with Gasteiger partial charge in [-0.2, -0.15) is 0 Å². The van der Waals surface area contributed by atoms with E-state index in [9.17, 15) is 5.11 Å². The van der Waals surface area contributed by atoms with Crippen LogP contribution in [0.3, 0.4) is 0 Å². The molecule has 0 radical (unpaired) electrons. The number of hydrogen-bond acceptors (Lipinski definition) is 1. The van der Waals surface area contributed by atoms with Crippen LogP contribution in [0, 0.1) is 5.92 Å². The summed E-state index contributed by atoms with van der Waals surface area (Å²) in [5, 5.41) is 9.41. The van der Waals surface area contributed by atoms with Crippen molar-refractivity contribution in [1.82, 2.24) is 4.98 Å². The summed E-state index contributed by atoms with van der Waals surface area (Å²) >= 11 is 0. The van der Waals surface area contributed by atoms with Crippen LogP contribution in [0.1, 0.15) is 121 Å². The monoisotopic (exact) mass is 455 g/mol. The molecular weight excluding hydrogens is 404 g/mol. The second-order valence-electron chi connectivity index (χ2n) is 10.3. The molecule has 0 saturated heterocycles. The highest BCUT2D eigenvalue weighted by atomic mass is 16.3. The van der Waals surface area contributed by atoms with Gasteiger partial charge < -0.3 is 5.11 Å². The lowest BCUT2D eigenvalue weighted by Crippen LogP contribution is -2.37. The Morgan fingerprint density at radius 1 is 0.758 bits per heavy atom. The molecule has 1 heterocycles. The Labute approximate surface area is 204 Å². The van der Waals surface area contributed by atoms with Crippen LogP contribution in [0.5, 0.6) is 0 Å². The lowest BCUT2D eigenvalue weighted by Gasteiger charge is -2.04. The lowest BCUT2D eigenvalue weighted by atomic mass is 10.0. The van der Waals surface area contributed by atoms with Gasteiger partial charge in [-0.3, -0.25) is 0 Å². The van der Waals surface area contributed by atoms with Gasteiger partial charge >= 0.3 is 0 Å². The predicted octanol–water partition coefficient (Wildman–Crippen LogP) is 7.55. The van der Waals surface area contributed by atoms with Gasteiger partial charge in [-0.05, 0) is 17.9 Å². The van der Waals surface area contributed by atoms with Crippen LogP contribution >= 0.6 is 0 Å². The maximum Gasteiger partial charge on any atom is 0.258 e. The molecule has 33 heavy (non-hydrogen) atoms. The van der Waals surface area contributed by atoms with Gasteiger partial charge in [-0.25, -0.2) is 9.55 Å². The van der Waals surface area contributed by atoms with E-state index in [2.05, 4.69) is 59.9 Å². The standard InChI is InChI=1S/C30H50N2O/c1-27(2)19-15-12-10-8-6-4-3-5-7-9-11-13-18-22-29-26-32(23-24-33)30(31-29)25-28-20-16-14-17-21-28/h14,16-17,20-21,26-27,33H,3-13,15,18-19,22-25H2,1-2H3/p+1. The molecule has 0 aliphatic heterocycles. The average Bonchev–Trinajstić information content (AvgIpc) is 3.18. The molecule has 0 spiro atoms. The third-order valence-electron chi connectivity index (χ3n) is 6.75. The molecule has 0 amide bonds. The van der Waals surface area contributed by atoms with E-state index < -0.39 is 0 Å². The molecule has 0 fully saturated rings. The Morgan fingerprint density at radius 2 is 1.30 bits per heavy atom. The van der Waals surface area contributed by atoms with Crippen molar-refractivity contribution in [3.63, 3.8) is 0 Å². The van der Waals surface area contributed by atoms with Crippen LogP contribution in [0.2, 0.25) is 0 Å². The Kier molecular flexibility index (Phi) is 14.9. The van der Waals surface area contributed by atoms with Gasteiger partial charge in [0.15, 0.2) is 0 Å². The molecule has 186 valence electrons. The highest BCUT2D eigenvalue weighted by molar-refractivity contribution is 5.18. The molecule has 0 aliphatic carbocycles. The number of aromatic amines is 1. The molecule has 0 bridgehead atoms. The number of nitrogens with one attached hydrogen (secondary N) is 1. The van der Waals surface area contributed by atoms with Gasteiger partial charge in [0.05, 0.1) is 13.0 Å². The summed E-state index contributed by atoms with van der Waals surface area (Å²) in [6, 6.07) is 10.6. The first kappa shape index (κ1) is 27.6. The highest BCUT2D eigenvalue weighted by Crippen LogP contribution is 2.15. The summed E-state index contributed by atoms with van der Waals surface area (Å²) in [6.07, 6.45) is 23.9. The van der Waals surface area contributed by atoms with Crippen LogP contribution in [-0.2, 0) is 19.4 Å². The average molecular weight is 456 g/mol. The Hall–Kier alpha value is -1.61. The number of nitrogens with zero attached hydrogens (tertiary/aromatic N) is 1.